The van der Waals surface area contributed by atoms with Crippen LogP contribution in [0.15, 0.2) is 4.99 Å². The van der Waals surface area contributed by atoms with Crippen molar-refractivity contribution in [2.24, 2.45) is 4.99 Å². The van der Waals surface area contributed by atoms with Crippen LogP contribution in [0.2, 0.25) is 0 Å². The van der Waals surface area contributed by atoms with Gasteiger partial charge in [0.25, 0.3) is 0 Å². The number of thioether (sulfide) groups is 1. The first-order valence-corrected chi connectivity index (χ1v) is 2.83. The van der Waals surface area contributed by atoms with Crippen LogP contribution in [-0.4, -0.2) is 11.0 Å². The summed E-state index contributed by atoms with van der Waals surface area (Å²) in [7, 11) is 0. The van der Waals surface area contributed by atoms with E-state index >= 15 is 0 Å². The average Bonchev–Trinajstić information content (AvgIpc) is 1.86. The summed E-state index contributed by atoms with van der Waals surface area (Å²) < 4.78 is 0.662. The summed E-state index contributed by atoms with van der Waals surface area (Å²) >= 11 is 6.88. The van der Waals surface area contributed by atoms with E-state index in [0.717, 1.165) is 6.54 Å². The molecular weight excluding hydrogens is 118 g/mol. The largest absolute Gasteiger partial charge is 0.266 e. The van der Waals surface area contributed by atoms with E-state index in [2.05, 4.69) is 4.99 Å². The first-order valence-electron chi connectivity index (χ1n) is 1.58. The summed E-state index contributed by atoms with van der Waals surface area (Å²) in [6.07, 6.45) is 0. The molecule has 1 rings (SSSR count). The number of rotatable bonds is 0. The van der Waals surface area contributed by atoms with Gasteiger partial charge in [0.05, 0.1) is 6.54 Å². The summed E-state index contributed by atoms with van der Waals surface area (Å²) in [5, 5.41) is 0. The molecule has 0 saturated carbocycles. The highest BCUT2D eigenvalue weighted by Gasteiger charge is 2.00. The van der Waals surface area contributed by atoms with Crippen LogP contribution in [-0.2, 0) is 0 Å². The Kier molecular flexibility index (Phi) is 1.37. The normalized spacial score (nSPS) is 21.2. The maximum absolute atomic E-state index is 5.39. The summed E-state index contributed by atoms with van der Waals surface area (Å²) in [5.74, 6) is 1.96. The fourth-order valence-corrected chi connectivity index (χ4v) is 0.946. The molecule has 1 heterocycles. The molecule has 1 aliphatic rings. The zero-order chi connectivity index (χ0) is 4.41. The number of halogens is 1. The Labute approximate surface area is 45.8 Å². The molecule has 0 spiro atoms. The van der Waals surface area contributed by atoms with E-state index in [1.165, 1.54) is 11.8 Å². The maximum Gasteiger partial charge on any atom is 0.158 e. The van der Waals surface area contributed by atoms with Gasteiger partial charge in [-0.25, -0.2) is 0 Å². The van der Waals surface area contributed by atoms with Crippen molar-refractivity contribution < 1.29 is 0 Å². The van der Waals surface area contributed by atoms with Gasteiger partial charge in [-0.1, -0.05) is 23.4 Å². The molecule has 0 atom stereocenters. The molecule has 0 saturated heterocycles. The lowest BCUT2D eigenvalue weighted by atomic mass is 10.8. The molecule has 0 bridgehead atoms. The van der Waals surface area contributed by atoms with Crippen LogP contribution in [0.4, 0.5) is 0 Å². The van der Waals surface area contributed by atoms with E-state index < -0.39 is 0 Å². The topological polar surface area (TPSA) is 12.4 Å². The van der Waals surface area contributed by atoms with Gasteiger partial charge in [0.2, 0.25) is 0 Å². The van der Waals surface area contributed by atoms with E-state index in [9.17, 15) is 0 Å². The monoisotopic (exact) mass is 120 g/mol. The Hall–Kier alpha value is 0.310. The first-order chi connectivity index (χ1) is 2.89. The Morgan fingerprint density at radius 2 is 2.83 bits per heavy atom. The van der Waals surface area contributed by atoms with Gasteiger partial charge in [0.15, 0.2) is 4.50 Å². The van der Waals surface area contributed by atoms with E-state index in [1.54, 1.807) is 0 Å². The number of aliphatic imine (C=N–C) groups is 1. The molecule has 0 amide bonds. The Morgan fingerprint density at radius 1 is 2.00 bits per heavy atom. The summed E-state index contributed by atoms with van der Waals surface area (Å²) in [6, 6.07) is 0. The molecule has 1 nitrogen and oxygen atoms in total. The number of hydrogen-bond donors (Lipinski definition) is 0. The lowest BCUT2D eigenvalue weighted by Gasteiger charge is -1.72. The van der Waals surface area contributed by atoms with Crippen LogP contribution in [0.5, 0.6) is 0 Å². The van der Waals surface area contributed by atoms with E-state index in [4.69, 9.17) is 11.6 Å². The standard InChI is InChI=1S/C3H3ClNS/c4-3-5-1-2-6-3/h2H,1H2. The Bertz CT molecular complexity index is 80.9. The second-order valence-corrected chi connectivity index (χ2v) is 2.42. The third-order valence-electron chi connectivity index (χ3n) is 0.471. The maximum atomic E-state index is 5.39. The van der Waals surface area contributed by atoms with E-state index in [0.29, 0.717) is 4.50 Å². The molecule has 0 aliphatic carbocycles. The molecule has 0 aromatic rings. The van der Waals surface area contributed by atoms with E-state index in [1.807, 2.05) is 5.75 Å². The van der Waals surface area contributed by atoms with Gasteiger partial charge >= 0.3 is 0 Å². The van der Waals surface area contributed by atoms with Gasteiger partial charge in [0, 0.05) is 5.75 Å². The summed E-state index contributed by atoms with van der Waals surface area (Å²) in [6.45, 7) is 0.781. The molecule has 1 radical (unpaired) electrons. The molecular formula is C3H3ClNS. The second kappa shape index (κ2) is 1.85. The predicted molar refractivity (Wildman–Crippen MR) is 30.0 cm³/mol. The molecule has 0 aromatic heterocycles. The van der Waals surface area contributed by atoms with Crippen molar-refractivity contribution >= 4 is 27.9 Å². The second-order valence-electron chi connectivity index (χ2n) is 0.878. The summed E-state index contributed by atoms with van der Waals surface area (Å²) in [4.78, 5) is 3.83. The molecule has 1 aliphatic heterocycles. The Morgan fingerprint density at radius 3 is 3.00 bits per heavy atom. The minimum Gasteiger partial charge on any atom is -0.266 e. The minimum atomic E-state index is 0.662. The lowest BCUT2D eigenvalue weighted by molar-refractivity contribution is 1.26. The van der Waals surface area contributed by atoms with Gasteiger partial charge in [-0.2, -0.15) is 0 Å². The molecule has 0 aromatic carbocycles. The van der Waals surface area contributed by atoms with Crippen LogP contribution in [0.1, 0.15) is 0 Å². The highest BCUT2D eigenvalue weighted by atomic mass is 35.5. The lowest BCUT2D eigenvalue weighted by Crippen LogP contribution is -1.61. The quantitative estimate of drug-likeness (QED) is 0.472. The third kappa shape index (κ3) is 0.884. The third-order valence-corrected chi connectivity index (χ3v) is 1.50. The van der Waals surface area contributed by atoms with Gasteiger partial charge < -0.3 is 0 Å². The smallest absolute Gasteiger partial charge is 0.158 e. The summed E-state index contributed by atoms with van der Waals surface area (Å²) in [5.41, 5.74) is 0. The molecule has 3 heteroatoms. The van der Waals surface area contributed by atoms with Crippen LogP contribution in [0.3, 0.4) is 0 Å². The molecule has 0 N–H and O–H groups in total. The van der Waals surface area contributed by atoms with Crippen LogP contribution in [0, 0.1) is 5.75 Å². The van der Waals surface area contributed by atoms with Crippen molar-refractivity contribution in [2.45, 2.75) is 0 Å². The van der Waals surface area contributed by atoms with Crippen molar-refractivity contribution in [3.63, 3.8) is 0 Å². The number of nitrogens with zero attached hydrogens (tertiary/aromatic N) is 1. The van der Waals surface area contributed by atoms with Gasteiger partial charge in [0.1, 0.15) is 0 Å². The minimum absolute atomic E-state index is 0.662. The van der Waals surface area contributed by atoms with Gasteiger partial charge in [-0.3, -0.25) is 4.99 Å². The average molecular weight is 121 g/mol. The van der Waals surface area contributed by atoms with Gasteiger partial charge in [-0.05, 0) is 0 Å². The SMILES string of the molecule is ClC1=NC[CH]S1. The fraction of sp³-hybridized carbons (Fsp3) is 0.333. The first kappa shape index (κ1) is 4.47. The zero-order valence-electron chi connectivity index (χ0n) is 3.02. The highest BCUT2D eigenvalue weighted by Crippen LogP contribution is 2.17. The zero-order valence-corrected chi connectivity index (χ0v) is 4.59. The van der Waals surface area contributed by atoms with Gasteiger partial charge in [-0.15, -0.1) is 0 Å². The van der Waals surface area contributed by atoms with Crippen molar-refractivity contribution in [3.05, 3.63) is 5.75 Å². The molecule has 0 fully saturated rings. The molecule has 0 unspecified atom stereocenters. The Balaban J connectivity index is 2.45. The van der Waals surface area contributed by atoms with Crippen molar-refractivity contribution in [1.82, 2.24) is 0 Å². The van der Waals surface area contributed by atoms with Crippen molar-refractivity contribution in [1.29, 1.82) is 0 Å². The molecule has 6 heavy (non-hydrogen) atoms. The number of hydrogen-bond acceptors (Lipinski definition) is 2. The van der Waals surface area contributed by atoms with Crippen LogP contribution < -0.4 is 0 Å². The fourth-order valence-electron chi connectivity index (χ4n) is 0.252. The van der Waals surface area contributed by atoms with Crippen LogP contribution >= 0.6 is 23.4 Å². The highest BCUT2D eigenvalue weighted by molar-refractivity contribution is 8.18. The van der Waals surface area contributed by atoms with Crippen molar-refractivity contribution in [2.75, 3.05) is 6.54 Å². The van der Waals surface area contributed by atoms with Crippen molar-refractivity contribution in [3.8, 4) is 0 Å². The molecule has 33 valence electrons. The van der Waals surface area contributed by atoms with Crippen LogP contribution in [0.25, 0.3) is 0 Å². The predicted octanol–water partition coefficient (Wildman–Crippen LogP) is 1.49. The van der Waals surface area contributed by atoms with E-state index in [-0.39, 0.29) is 0 Å².